The van der Waals surface area contributed by atoms with Gasteiger partial charge in [0.1, 0.15) is 11.6 Å². The van der Waals surface area contributed by atoms with Gasteiger partial charge in [-0.05, 0) is 37.4 Å². The molecule has 0 saturated carbocycles. The molecule has 1 nitrogen and oxygen atoms in total. The molecular weight excluding hydrogens is 220 g/mol. The van der Waals surface area contributed by atoms with Crippen LogP contribution in [0.2, 0.25) is 0 Å². The number of halogens is 3. The number of rotatable bonds is 2. The van der Waals surface area contributed by atoms with Crippen LogP contribution in [0.25, 0.3) is 0 Å². The van der Waals surface area contributed by atoms with E-state index in [0.717, 1.165) is 25.5 Å². The van der Waals surface area contributed by atoms with Crippen LogP contribution in [0, 0.1) is 11.6 Å². The van der Waals surface area contributed by atoms with Crippen molar-refractivity contribution in [1.29, 1.82) is 0 Å². The fourth-order valence-electron chi connectivity index (χ4n) is 1.88. The van der Waals surface area contributed by atoms with Crippen molar-refractivity contribution < 1.29 is 8.78 Å². The molecule has 1 aromatic carbocycles. The summed E-state index contributed by atoms with van der Waals surface area (Å²) in [5.74, 6) is -0.940. The van der Waals surface area contributed by atoms with Crippen LogP contribution in [0.15, 0.2) is 18.2 Å². The number of benzene rings is 1. The maximum absolute atomic E-state index is 13.2. The highest BCUT2D eigenvalue weighted by Crippen LogP contribution is 2.15. The van der Waals surface area contributed by atoms with Gasteiger partial charge in [-0.25, -0.2) is 8.78 Å². The van der Waals surface area contributed by atoms with Crippen LogP contribution >= 0.6 is 12.4 Å². The van der Waals surface area contributed by atoms with Crippen LogP contribution in [-0.4, -0.2) is 12.6 Å². The third-order valence-corrected chi connectivity index (χ3v) is 2.64. The van der Waals surface area contributed by atoms with Gasteiger partial charge < -0.3 is 5.32 Å². The second-order valence-electron chi connectivity index (χ2n) is 3.73. The van der Waals surface area contributed by atoms with E-state index in [0.29, 0.717) is 18.0 Å². The average molecular weight is 234 g/mol. The largest absolute Gasteiger partial charge is 0.314 e. The standard InChI is InChI=1S/C11H13F2N.ClH/c12-9-4-3-8(11(13)7-9)6-10-2-1-5-14-10;/h3-4,7,10,14H,1-2,5-6H2;1H. The topological polar surface area (TPSA) is 12.0 Å². The molecule has 1 N–H and O–H groups in total. The SMILES string of the molecule is Cl.Fc1ccc(CC2CCCN2)c(F)c1. The number of nitrogens with one attached hydrogen (secondary N) is 1. The number of hydrogen-bond acceptors (Lipinski definition) is 1. The van der Waals surface area contributed by atoms with E-state index >= 15 is 0 Å². The normalized spacial score (nSPS) is 20.0. The van der Waals surface area contributed by atoms with Crippen molar-refractivity contribution in [2.24, 2.45) is 0 Å². The van der Waals surface area contributed by atoms with Gasteiger partial charge in [-0.3, -0.25) is 0 Å². The maximum atomic E-state index is 13.2. The van der Waals surface area contributed by atoms with Crippen LogP contribution in [0.4, 0.5) is 8.78 Å². The second-order valence-corrected chi connectivity index (χ2v) is 3.73. The Morgan fingerprint density at radius 2 is 2.13 bits per heavy atom. The molecule has 0 aromatic heterocycles. The van der Waals surface area contributed by atoms with Crippen LogP contribution in [0.5, 0.6) is 0 Å². The summed E-state index contributed by atoms with van der Waals surface area (Å²) in [5, 5.41) is 3.29. The van der Waals surface area contributed by atoms with Gasteiger partial charge in [0.25, 0.3) is 0 Å². The van der Waals surface area contributed by atoms with E-state index in [2.05, 4.69) is 5.32 Å². The minimum Gasteiger partial charge on any atom is -0.314 e. The quantitative estimate of drug-likeness (QED) is 0.828. The van der Waals surface area contributed by atoms with Crippen molar-refractivity contribution in [3.63, 3.8) is 0 Å². The molecule has 1 atom stereocenters. The van der Waals surface area contributed by atoms with Crippen molar-refractivity contribution in [3.8, 4) is 0 Å². The van der Waals surface area contributed by atoms with Crippen LogP contribution in [0.3, 0.4) is 0 Å². The minimum absolute atomic E-state index is 0. The van der Waals surface area contributed by atoms with Crippen LogP contribution in [0.1, 0.15) is 18.4 Å². The van der Waals surface area contributed by atoms with Crippen LogP contribution < -0.4 is 5.32 Å². The maximum Gasteiger partial charge on any atom is 0.129 e. The minimum atomic E-state index is -0.509. The average Bonchev–Trinajstić information content (AvgIpc) is 2.62. The molecule has 0 bridgehead atoms. The van der Waals surface area contributed by atoms with E-state index in [-0.39, 0.29) is 12.4 Å². The van der Waals surface area contributed by atoms with Crippen LogP contribution in [-0.2, 0) is 6.42 Å². The van der Waals surface area contributed by atoms with Gasteiger partial charge >= 0.3 is 0 Å². The summed E-state index contributed by atoms with van der Waals surface area (Å²) in [7, 11) is 0. The molecule has 2 rings (SSSR count). The van der Waals surface area contributed by atoms with Gasteiger partial charge in [0, 0.05) is 12.1 Å². The molecule has 0 radical (unpaired) electrons. The summed E-state index contributed by atoms with van der Waals surface area (Å²) in [5.41, 5.74) is 0.603. The van der Waals surface area contributed by atoms with Crippen molar-refractivity contribution in [2.75, 3.05) is 6.54 Å². The molecule has 4 heteroatoms. The molecule has 1 fully saturated rings. The lowest BCUT2D eigenvalue weighted by Gasteiger charge is -2.10. The summed E-state index contributed by atoms with van der Waals surface area (Å²) in [6, 6.07) is 4.15. The van der Waals surface area contributed by atoms with E-state index in [1.165, 1.54) is 12.1 Å². The van der Waals surface area contributed by atoms with Gasteiger partial charge in [-0.2, -0.15) is 0 Å². The first kappa shape index (κ1) is 12.4. The first-order chi connectivity index (χ1) is 6.75. The van der Waals surface area contributed by atoms with E-state index in [9.17, 15) is 8.78 Å². The first-order valence-electron chi connectivity index (χ1n) is 4.93. The summed E-state index contributed by atoms with van der Waals surface area (Å²) in [6.45, 7) is 1.01. The summed E-state index contributed by atoms with van der Waals surface area (Å²) in [4.78, 5) is 0. The Morgan fingerprint density at radius 3 is 2.73 bits per heavy atom. The van der Waals surface area contributed by atoms with Crippen molar-refractivity contribution in [1.82, 2.24) is 5.32 Å². The van der Waals surface area contributed by atoms with Crippen molar-refractivity contribution in [3.05, 3.63) is 35.4 Å². The summed E-state index contributed by atoms with van der Waals surface area (Å²) < 4.78 is 25.8. The zero-order chi connectivity index (χ0) is 9.97. The fourth-order valence-corrected chi connectivity index (χ4v) is 1.88. The highest BCUT2D eigenvalue weighted by atomic mass is 35.5. The lowest BCUT2D eigenvalue weighted by molar-refractivity contribution is 0.545. The highest BCUT2D eigenvalue weighted by Gasteiger charge is 2.16. The second kappa shape index (κ2) is 5.42. The molecule has 1 aromatic rings. The molecule has 0 amide bonds. The van der Waals surface area contributed by atoms with Crippen molar-refractivity contribution in [2.45, 2.75) is 25.3 Å². The van der Waals surface area contributed by atoms with Gasteiger partial charge in [0.2, 0.25) is 0 Å². The lowest BCUT2D eigenvalue weighted by atomic mass is 10.0. The molecule has 0 spiro atoms. The third kappa shape index (κ3) is 3.14. The summed E-state index contributed by atoms with van der Waals surface area (Å²) >= 11 is 0. The molecule has 84 valence electrons. The smallest absolute Gasteiger partial charge is 0.129 e. The van der Waals surface area contributed by atoms with E-state index < -0.39 is 11.6 Å². The van der Waals surface area contributed by atoms with Gasteiger partial charge in [0.15, 0.2) is 0 Å². The molecule has 15 heavy (non-hydrogen) atoms. The van der Waals surface area contributed by atoms with Gasteiger partial charge in [0.05, 0.1) is 0 Å². The Kier molecular flexibility index (Phi) is 4.48. The molecular formula is C11H14ClF2N. The Morgan fingerprint density at radius 1 is 1.33 bits per heavy atom. The molecule has 1 saturated heterocycles. The fraction of sp³-hybridized carbons (Fsp3) is 0.455. The Labute approximate surface area is 94.3 Å². The van der Waals surface area contributed by atoms with Gasteiger partial charge in [-0.1, -0.05) is 6.07 Å². The highest BCUT2D eigenvalue weighted by molar-refractivity contribution is 5.85. The van der Waals surface area contributed by atoms with E-state index in [4.69, 9.17) is 0 Å². The van der Waals surface area contributed by atoms with E-state index in [1.807, 2.05) is 0 Å². The molecule has 0 aliphatic carbocycles. The zero-order valence-electron chi connectivity index (χ0n) is 8.30. The molecule has 1 heterocycles. The molecule has 1 aliphatic rings. The van der Waals surface area contributed by atoms with Gasteiger partial charge in [-0.15, -0.1) is 12.4 Å². The zero-order valence-corrected chi connectivity index (χ0v) is 9.12. The number of hydrogen-bond donors (Lipinski definition) is 1. The third-order valence-electron chi connectivity index (χ3n) is 2.64. The monoisotopic (exact) mass is 233 g/mol. The van der Waals surface area contributed by atoms with Crippen molar-refractivity contribution >= 4 is 12.4 Å². The predicted octanol–water partition coefficient (Wildman–Crippen LogP) is 2.68. The lowest BCUT2D eigenvalue weighted by Crippen LogP contribution is -2.24. The van der Waals surface area contributed by atoms with E-state index in [1.54, 1.807) is 0 Å². The molecule has 1 aliphatic heterocycles. The first-order valence-corrected chi connectivity index (χ1v) is 4.93. The Bertz CT molecular complexity index is 324. The summed E-state index contributed by atoms with van der Waals surface area (Å²) in [6.07, 6.45) is 2.89. The Balaban J connectivity index is 0.00000112. The predicted molar refractivity (Wildman–Crippen MR) is 58.3 cm³/mol. The molecule has 1 unspecified atom stereocenters. The Hall–Kier alpha value is -0.670.